The van der Waals surface area contributed by atoms with E-state index in [1.54, 1.807) is 0 Å². The van der Waals surface area contributed by atoms with E-state index in [2.05, 4.69) is 10.8 Å². The standard InChI is InChI=1S/C9H15NO/c1-3-6-10(2)8-9-5-4-7-11-9/h1,9H,4-8H2,2H3/t9-/m1/s1. The van der Waals surface area contributed by atoms with Crippen LogP contribution in [-0.2, 0) is 4.74 Å². The van der Waals surface area contributed by atoms with Crippen molar-refractivity contribution in [2.24, 2.45) is 0 Å². The summed E-state index contributed by atoms with van der Waals surface area (Å²) in [5.41, 5.74) is 0. The Balaban J connectivity index is 2.14. The minimum Gasteiger partial charge on any atom is -0.377 e. The molecule has 1 aliphatic heterocycles. The lowest BCUT2D eigenvalue weighted by molar-refractivity contribution is 0.0848. The zero-order chi connectivity index (χ0) is 8.10. The lowest BCUT2D eigenvalue weighted by Crippen LogP contribution is -2.28. The fraction of sp³-hybridized carbons (Fsp3) is 0.778. The fourth-order valence-electron chi connectivity index (χ4n) is 1.36. The quantitative estimate of drug-likeness (QED) is 0.554. The van der Waals surface area contributed by atoms with Crippen LogP contribution in [0.15, 0.2) is 0 Å². The van der Waals surface area contributed by atoms with Crippen LogP contribution in [0, 0.1) is 12.3 Å². The molecule has 0 amide bonds. The molecule has 0 aromatic rings. The summed E-state index contributed by atoms with van der Waals surface area (Å²) in [4.78, 5) is 2.12. The van der Waals surface area contributed by atoms with E-state index in [-0.39, 0.29) is 0 Å². The highest BCUT2D eigenvalue weighted by atomic mass is 16.5. The van der Waals surface area contributed by atoms with E-state index in [4.69, 9.17) is 11.2 Å². The molecule has 1 fully saturated rings. The van der Waals surface area contributed by atoms with Gasteiger partial charge in [-0.25, -0.2) is 0 Å². The van der Waals surface area contributed by atoms with Crippen molar-refractivity contribution in [3.05, 3.63) is 0 Å². The molecule has 2 heteroatoms. The third-order valence-corrected chi connectivity index (χ3v) is 1.90. The van der Waals surface area contributed by atoms with E-state index in [9.17, 15) is 0 Å². The van der Waals surface area contributed by atoms with Gasteiger partial charge in [-0.1, -0.05) is 5.92 Å². The molecule has 2 nitrogen and oxygen atoms in total. The second-order valence-electron chi connectivity index (χ2n) is 3.04. The lowest BCUT2D eigenvalue weighted by atomic mass is 10.2. The van der Waals surface area contributed by atoms with Crippen LogP contribution in [0.2, 0.25) is 0 Å². The monoisotopic (exact) mass is 153 g/mol. The highest BCUT2D eigenvalue weighted by molar-refractivity contribution is 4.87. The number of likely N-dealkylation sites (N-methyl/N-ethyl adjacent to an activating group) is 1. The largest absolute Gasteiger partial charge is 0.377 e. The van der Waals surface area contributed by atoms with E-state index < -0.39 is 0 Å². The maximum Gasteiger partial charge on any atom is 0.0703 e. The Morgan fingerprint density at radius 1 is 1.73 bits per heavy atom. The molecular weight excluding hydrogens is 138 g/mol. The first-order valence-electron chi connectivity index (χ1n) is 4.06. The number of hydrogen-bond donors (Lipinski definition) is 0. The molecule has 0 aromatic carbocycles. The SMILES string of the molecule is C#CCN(C)C[C@H]1CCCO1. The first-order valence-corrected chi connectivity index (χ1v) is 4.06. The van der Waals surface area contributed by atoms with E-state index in [0.29, 0.717) is 6.10 Å². The number of terminal acetylenes is 1. The van der Waals surface area contributed by atoms with Crippen molar-refractivity contribution in [3.8, 4) is 12.3 Å². The van der Waals surface area contributed by atoms with Crippen LogP contribution in [0.5, 0.6) is 0 Å². The topological polar surface area (TPSA) is 12.5 Å². The van der Waals surface area contributed by atoms with E-state index in [0.717, 1.165) is 19.7 Å². The highest BCUT2D eigenvalue weighted by Gasteiger charge is 2.16. The van der Waals surface area contributed by atoms with Gasteiger partial charge in [0.05, 0.1) is 12.6 Å². The molecule has 0 spiro atoms. The van der Waals surface area contributed by atoms with Gasteiger partial charge >= 0.3 is 0 Å². The zero-order valence-corrected chi connectivity index (χ0v) is 7.05. The number of rotatable bonds is 3. The Hall–Kier alpha value is -0.520. The summed E-state index contributed by atoms with van der Waals surface area (Å²) in [6, 6.07) is 0. The third-order valence-electron chi connectivity index (χ3n) is 1.90. The Morgan fingerprint density at radius 2 is 2.55 bits per heavy atom. The van der Waals surface area contributed by atoms with Gasteiger partial charge in [0.15, 0.2) is 0 Å². The first-order chi connectivity index (χ1) is 5.33. The van der Waals surface area contributed by atoms with Crippen LogP contribution in [0.25, 0.3) is 0 Å². The summed E-state index contributed by atoms with van der Waals surface area (Å²) in [5.74, 6) is 2.61. The molecule has 0 bridgehead atoms. The van der Waals surface area contributed by atoms with Gasteiger partial charge in [-0.3, -0.25) is 4.90 Å². The molecule has 0 N–H and O–H groups in total. The summed E-state index contributed by atoms with van der Waals surface area (Å²) in [7, 11) is 2.03. The van der Waals surface area contributed by atoms with Crippen LogP contribution >= 0.6 is 0 Å². The van der Waals surface area contributed by atoms with Gasteiger partial charge in [0.1, 0.15) is 0 Å². The Labute approximate surface area is 68.5 Å². The van der Waals surface area contributed by atoms with Gasteiger partial charge in [-0.15, -0.1) is 6.42 Å². The van der Waals surface area contributed by atoms with E-state index in [1.165, 1.54) is 12.8 Å². The maximum atomic E-state index is 5.46. The zero-order valence-electron chi connectivity index (χ0n) is 7.05. The average molecular weight is 153 g/mol. The highest BCUT2D eigenvalue weighted by Crippen LogP contribution is 2.12. The van der Waals surface area contributed by atoms with Gasteiger partial charge in [-0.05, 0) is 19.9 Å². The van der Waals surface area contributed by atoms with Crippen molar-refractivity contribution in [2.45, 2.75) is 18.9 Å². The molecule has 0 saturated carbocycles. The van der Waals surface area contributed by atoms with Crippen LogP contribution < -0.4 is 0 Å². The van der Waals surface area contributed by atoms with E-state index in [1.807, 2.05) is 7.05 Å². The lowest BCUT2D eigenvalue weighted by Gasteiger charge is -2.17. The fourth-order valence-corrected chi connectivity index (χ4v) is 1.36. The summed E-state index contributed by atoms with van der Waals surface area (Å²) in [6.07, 6.45) is 7.99. The van der Waals surface area contributed by atoms with Crippen LogP contribution in [0.4, 0.5) is 0 Å². The summed E-state index contributed by atoms with van der Waals surface area (Å²) in [5, 5.41) is 0. The van der Waals surface area contributed by atoms with Gasteiger partial charge < -0.3 is 4.74 Å². The van der Waals surface area contributed by atoms with Gasteiger partial charge in [-0.2, -0.15) is 0 Å². The molecule has 1 heterocycles. The second kappa shape index (κ2) is 4.38. The molecule has 1 rings (SSSR count). The van der Waals surface area contributed by atoms with E-state index >= 15 is 0 Å². The van der Waals surface area contributed by atoms with Crippen LogP contribution in [-0.4, -0.2) is 37.7 Å². The van der Waals surface area contributed by atoms with Crippen LogP contribution in [0.1, 0.15) is 12.8 Å². The summed E-state index contributed by atoms with van der Waals surface area (Å²) in [6.45, 7) is 2.62. The maximum absolute atomic E-state index is 5.46. The van der Waals surface area contributed by atoms with Crippen molar-refractivity contribution in [1.29, 1.82) is 0 Å². The van der Waals surface area contributed by atoms with Gasteiger partial charge in [0.25, 0.3) is 0 Å². The molecule has 1 atom stereocenters. The summed E-state index contributed by atoms with van der Waals surface area (Å²) < 4.78 is 5.46. The molecule has 0 radical (unpaired) electrons. The minimum atomic E-state index is 0.424. The van der Waals surface area contributed by atoms with Gasteiger partial charge in [0.2, 0.25) is 0 Å². The van der Waals surface area contributed by atoms with Crippen molar-refractivity contribution >= 4 is 0 Å². The molecule has 0 aliphatic carbocycles. The minimum absolute atomic E-state index is 0.424. The predicted octanol–water partition coefficient (Wildman–Crippen LogP) is 0.730. The molecule has 0 unspecified atom stereocenters. The summed E-state index contributed by atoms with van der Waals surface area (Å²) >= 11 is 0. The molecule has 11 heavy (non-hydrogen) atoms. The Bertz CT molecular complexity index is 144. The average Bonchev–Trinajstić information content (AvgIpc) is 2.40. The van der Waals surface area contributed by atoms with Crippen molar-refractivity contribution in [2.75, 3.05) is 26.7 Å². The molecule has 1 saturated heterocycles. The number of nitrogens with zero attached hydrogens (tertiary/aromatic N) is 1. The molecule has 1 aliphatic rings. The van der Waals surface area contributed by atoms with Crippen molar-refractivity contribution < 1.29 is 4.74 Å². The Kier molecular flexibility index (Phi) is 3.41. The third kappa shape index (κ3) is 2.92. The van der Waals surface area contributed by atoms with Crippen LogP contribution in [0.3, 0.4) is 0 Å². The number of ether oxygens (including phenoxy) is 1. The normalized spacial score (nSPS) is 23.9. The smallest absolute Gasteiger partial charge is 0.0703 e. The first kappa shape index (κ1) is 8.58. The Morgan fingerprint density at radius 3 is 3.09 bits per heavy atom. The molecule has 0 aromatic heterocycles. The van der Waals surface area contributed by atoms with Crippen molar-refractivity contribution in [1.82, 2.24) is 4.90 Å². The molecule has 62 valence electrons. The van der Waals surface area contributed by atoms with Crippen molar-refractivity contribution in [3.63, 3.8) is 0 Å². The number of hydrogen-bond acceptors (Lipinski definition) is 2. The second-order valence-corrected chi connectivity index (χ2v) is 3.04. The predicted molar refractivity (Wildman–Crippen MR) is 45.3 cm³/mol. The molecular formula is C9H15NO. The van der Waals surface area contributed by atoms with Gasteiger partial charge in [0, 0.05) is 13.2 Å².